The van der Waals surface area contributed by atoms with Gasteiger partial charge in [0.05, 0.1) is 16.7 Å². The molecule has 3 aromatic carbocycles. The van der Waals surface area contributed by atoms with E-state index in [1.807, 2.05) is 128 Å². The predicted octanol–water partition coefficient (Wildman–Crippen LogP) is 17.7. The van der Waals surface area contributed by atoms with Crippen LogP contribution in [0.3, 0.4) is 0 Å². The van der Waals surface area contributed by atoms with E-state index in [-0.39, 0.29) is 11.1 Å². The lowest BCUT2D eigenvalue weighted by Crippen LogP contribution is -2.32. The number of hydrogen-bond acceptors (Lipinski definition) is 6. The number of pyridine rings is 6. The zero-order chi connectivity index (χ0) is 75.2. The molecule has 0 unspecified atom stereocenters. The van der Waals surface area contributed by atoms with E-state index in [9.17, 15) is 0 Å². The fourth-order valence-electron chi connectivity index (χ4n) is 10.9. The van der Waals surface area contributed by atoms with E-state index in [1.54, 1.807) is 55.4 Å². The van der Waals surface area contributed by atoms with E-state index in [4.69, 9.17) is 37.9 Å². The van der Waals surface area contributed by atoms with Gasteiger partial charge in [-0.3, -0.25) is 0 Å². The Bertz CT molecular complexity index is 5250. The minimum atomic E-state index is -3.08. The lowest BCUT2D eigenvalue weighted by molar-refractivity contribution is -0.661. The molecule has 0 saturated carbocycles. The van der Waals surface area contributed by atoms with Crippen molar-refractivity contribution in [3.05, 3.63) is 177 Å². The van der Waals surface area contributed by atoms with Crippen LogP contribution in [0.5, 0.6) is 0 Å². The molecular formula is C74H85N6O3+3. The van der Waals surface area contributed by atoms with Crippen LogP contribution in [0, 0.1) is 71.6 Å². The fraction of sp³-hybridized carbons (Fsp3) is 0.351. The lowest BCUT2D eigenvalue weighted by atomic mass is 9.86. The van der Waals surface area contributed by atoms with Gasteiger partial charge >= 0.3 is 0 Å². The molecule has 0 radical (unpaired) electrons. The van der Waals surface area contributed by atoms with Crippen molar-refractivity contribution < 1.29 is 51.6 Å². The van der Waals surface area contributed by atoms with Crippen molar-refractivity contribution in [1.82, 2.24) is 15.0 Å². The number of hydrogen-bond donors (Lipinski definition) is 0. The maximum Gasteiger partial charge on any atom is 0.227 e. The molecule has 0 bridgehead atoms. The van der Waals surface area contributed by atoms with Crippen LogP contribution in [0.2, 0.25) is 0 Å². The Balaban J connectivity index is 0.000000164. The molecular weight excluding hydrogens is 1020 g/mol. The first-order valence-electron chi connectivity index (χ1n) is 36.7. The molecule has 83 heavy (non-hydrogen) atoms. The average Bonchev–Trinajstić information content (AvgIpc) is 1.54. The number of fused-ring (bicyclic) bond motifs is 9. The Morgan fingerprint density at radius 3 is 1.08 bits per heavy atom. The van der Waals surface area contributed by atoms with Crippen molar-refractivity contribution in [3.63, 3.8) is 0 Å². The molecule has 0 atom stereocenters. The second-order valence-corrected chi connectivity index (χ2v) is 23.6. The van der Waals surface area contributed by atoms with E-state index in [1.165, 1.54) is 12.4 Å². The summed E-state index contributed by atoms with van der Waals surface area (Å²) < 4.78 is 172. The number of nitrogens with zero attached hydrogens (tertiary/aromatic N) is 6. The van der Waals surface area contributed by atoms with Gasteiger partial charge in [-0.1, -0.05) is 98.4 Å². The van der Waals surface area contributed by atoms with Crippen LogP contribution in [0.25, 0.3) is 100.0 Å². The van der Waals surface area contributed by atoms with Gasteiger partial charge in [0.2, 0.25) is 34.2 Å². The minimum absolute atomic E-state index is 0.00889. The largest absolute Gasteiger partial charge is 0.437 e. The third-order valence-corrected chi connectivity index (χ3v) is 14.8. The Kier molecular flexibility index (Phi) is 10.4. The molecule has 12 aromatic rings. The van der Waals surface area contributed by atoms with Crippen molar-refractivity contribution in [3.8, 4) is 33.8 Å². The highest BCUT2D eigenvalue weighted by atomic mass is 16.3. The van der Waals surface area contributed by atoms with Gasteiger partial charge in [-0.25, -0.2) is 28.7 Å². The summed E-state index contributed by atoms with van der Waals surface area (Å²) in [6.45, 7) is 10.6. The van der Waals surface area contributed by atoms with Gasteiger partial charge in [0.15, 0.2) is 35.3 Å². The molecule has 0 aliphatic heterocycles. The third kappa shape index (κ3) is 12.0. The molecule has 0 fully saturated rings. The molecule has 9 nitrogen and oxygen atoms in total. The van der Waals surface area contributed by atoms with Gasteiger partial charge < -0.3 is 13.3 Å². The van der Waals surface area contributed by atoms with E-state index in [0.717, 1.165) is 113 Å². The van der Waals surface area contributed by atoms with Crippen LogP contribution in [0.15, 0.2) is 129 Å². The summed E-state index contributed by atoms with van der Waals surface area (Å²) in [4.78, 5) is 13.4. The quantitative estimate of drug-likeness (QED) is 0.154. The smallest absolute Gasteiger partial charge is 0.227 e. The summed E-state index contributed by atoms with van der Waals surface area (Å²) in [6, 6.07) is 29.4. The highest BCUT2D eigenvalue weighted by molar-refractivity contribution is 6.11. The number of aromatic nitrogens is 6. The normalized spacial score (nSPS) is 16.6. The average molecular weight is 1120 g/mol. The molecule has 426 valence electrons. The van der Waals surface area contributed by atoms with Gasteiger partial charge in [0, 0.05) is 109 Å². The molecule has 9 aromatic heterocycles. The van der Waals surface area contributed by atoms with E-state index in [0.29, 0.717) is 50.7 Å². The van der Waals surface area contributed by atoms with E-state index in [2.05, 4.69) is 46.1 Å². The fourth-order valence-corrected chi connectivity index (χ4v) is 10.9. The minimum Gasteiger partial charge on any atom is -0.437 e. The highest BCUT2D eigenvalue weighted by Crippen LogP contribution is 2.40. The summed E-state index contributed by atoms with van der Waals surface area (Å²) in [7, 11) is 5.41. The molecule has 9 heteroatoms. The lowest BCUT2D eigenvalue weighted by Gasteiger charge is -2.19. The van der Waals surface area contributed by atoms with Crippen LogP contribution in [-0.4, -0.2) is 15.0 Å². The van der Waals surface area contributed by atoms with Crippen LogP contribution in [0.1, 0.15) is 148 Å². The predicted molar refractivity (Wildman–Crippen MR) is 342 cm³/mol. The number of rotatable bonds is 6. The van der Waals surface area contributed by atoms with Gasteiger partial charge in [-0.2, -0.15) is 0 Å². The molecule has 0 aliphatic rings. The first kappa shape index (κ1) is 39.4. The first-order valence-corrected chi connectivity index (χ1v) is 27.7. The van der Waals surface area contributed by atoms with Gasteiger partial charge in [0.1, 0.15) is 21.1 Å². The Morgan fingerprint density at radius 1 is 0.410 bits per heavy atom. The van der Waals surface area contributed by atoms with Crippen molar-refractivity contribution in [2.24, 2.45) is 37.4 Å². The summed E-state index contributed by atoms with van der Waals surface area (Å²) in [5, 5.41) is 5.61. The van der Waals surface area contributed by atoms with Crippen molar-refractivity contribution in [2.45, 2.75) is 137 Å². The van der Waals surface area contributed by atoms with Crippen molar-refractivity contribution in [1.29, 1.82) is 0 Å². The Labute approximate surface area is 516 Å². The Morgan fingerprint density at radius 2 is 0.735 bits per heavy atom. The Hall–Kier alpha value is -8.04. The molecule has 0 aliphatic carbocycles. The summed E-state index contributed by atoms with van der Waals surface area (Å²) >= 11 is 0. The van der Waals surface area contributed by atoms with Gasteiger partial charge in [-0.15, -0.1) is 0 Å². The second kappa shape index (κ2) is 21.9. The van der Waals surface area contributed by atoms with Crippen LogP contribution in [0.4, 0.5) is 0 Å². The maximum absolute atomic E-state index is 8.82. The number of aryl methyl sites for hydroxylation is 11. The van der Waals surface area contributed by atoms with Crippen LogP contribution >= 0.6 is 0 Å². The topological polar surface area (TPSA) is 89.7 Å². The summed E-state index contributed by atoms with van der Waals surface area (Å²) in [5.41, 5.74) is 10.3. The first-order chi connectivity index (χ1) is 46.3. The van der Waals surface area contributed by atoms with Crippen LogP contribution < -0.4 is 13.7 Å². The van der Waals surface area contributed by atoms with Crippen molar-refractivity contribution in [2.75, 3.05) is 0 Å². The monoisotopic (exact) mass is 1120 g/mol. The van der Waals surface area contributed by atoms with E-state index >= 15 is 0 Å². The van der Waals surface area contributed by atoms with Gasteiger partial charge in [-0.05, 0) is 161 Å². The van der Waals surface area contributed by atoms with E-state index < -0.39 is 62.8 Å². The zero-order valence-electron chi connectivity index (χ0n) is 68.4. The van der Waals surface area contributed by atoms with Gasteiger partial charge in [0.25, 0.3) is 0 Å². The maximum atomic E-state index is 8.82. The summed E-state index contributed by atoms with van der Waals surface area (Å²) in [5.74, 6) is 0. The standard InChI is InChI=1S/2C25H29N2O.C24H27N2O/c2*1-15-8-10-19-20-11-9-17(3)26-24(20)28-23(19)22(15)21-12-16(2)18(14-27(21)7)13-25(4,5)6;1-15-9-10-18-19-8-7-11-25-23(19)27-22(18)21(15)20-12-16(2)17(14-26(20)6)13-24(3,4)5/h2*8-12,14H,13H2,1-7H3;7-12,14H,13H2,1-6H3/q3*+1/i4D3,5D3,13D2;13D2;3D3,4D3,13D2. The number of benzene rings is 3. The third-order valence-electron chi connectivity index (χ3n) is 14.8. The van der Waals surface area contributed by atoms with Crippen molar-refractivity contribution >= 4 is 66.2 Å². The summed E-state index contributed by atoms with van der Waals surface area (Å²) in [6.07, 6.45) is -0.261. The highest BCUT2D eigenvalue weighted by Gasteiger charge is 2.28. The molecule has 9 heterocycles. The number of furan rings is 3. The molecule has 0 N–H and O–H groups in total. The zero-order valence-corrected chi connectivity index (χ0v) is 50.4. The molecule has 0 saturated heterocycles. The molecule has 0 amide bonds. The van der Waals surface area contributed by atoms with Crippen LogP contribution in [-0.2, 0) is 40.3 Å². The second-order valence-electron chi connectivity index (χ2n) is 23.6. The molecule has 0 spiro atoms. The molecule has 12 rings (SSSR count). The SMILES string of the molecule is [2H]C([2H])([2H])C(C)(C([2H])([2H])[2H])C([2H])([2H])c1c[n+](C)c(-c2c(C)ccc3c2oc2nc(C)ccc23)cc1C.[2H]C([2H])([2H])C(C)(C([2H])([2H])[2H])C([2H])([2H])c1c[n+](C)c(-c2c(C)ccc3c2oc2ncccc23)cc1C.[2H]C([2H])(c1c[n+](C)c(-c2c(C)ccc3c2oc2nc(C)ccc23)cc1C)C(C)(C)C.